The monoisotopic (exact) mass is 383 g/mol. The smallest absolute Gasteiger partial charge is 0.349 e. The van der Waals surface area contributed by atoms with Crippen molar-refractivity contribution in [3.05, 3.63) is 69.3 Å². The van der Waals surface area contributed by atoms with Crippen molar-refractivity contribution in [3.8, 4) is 0 Å². The predicted molar refractivity (Wildman–Crippen MR) is 104 cm³/mol. The number of piperidine rings is 1. The molecule has 2 heterocycles. The Labute approximate surface area is 164 Å². The highest BCUT2D eigenvalue weighted by molar-refractivity contribution is 5.95. The summed E-state index contributed by atoms with van der Waals surface area (Å²) in [5.74, 6) is -0.485. The number of rotatable bonds is 5. The molecule has 1 saturated heterocycles. The summed E-state index contributed by atoms with van der Waals surface area (Å²) in [5, 5.41) is 0. The first-order valence-electron chi connectivity index (χ1n) is 9.54. The van der Waals surface area contributed by atoms with E-state index in [1.807, 2.05) is 30.3 Å². The van der Waals surface area contributed by atoms with Crippen LogP contribution in [0.1, 0.15) is 40.1 Å². The van der Waals surface area contributed by atoms with E-state index < -0.39 is 5.63 Å². The van der Waals surface area contributed by atoms with Gasteiger partial charge in [-0.2, -0.15) is 0 Å². The molecule has 0 radical (unpaired) electrons. The Bertz CT molecular complexity index is 903. The molecule has 2 aromatic rings. The van der Waals surface area contributed by atoms with Gasteiger partial charge in [-0.15, -0.1) is 0 Å². The maximum atomic E-state index is 12.9. The number of esters is 1. The van der Waals surface area contributed by atoms with Gasteiger partial charge in [-0.25, -0.2) is 4.79 Å². The maximum Gasteiger partial charge on any atom is 0.349 e. The Morgan fingerprint density at radius 3 is 2.64 bits per heavy atom. The summed E-state index contributed by atoms with van der Waals surface area (Å²) in [7, 11) is 1.34. The highest BCUT2D eigenvalue weighted by atomic mass is 16.5. The first kappa shape index (κ1) is 19.9. The number of methoxy groups -OCH3 is 1. The van der Waals surface area contributed by atoms with Crippen LogP contribution in [0.3, 0.4) is 0 Å². The lowest BCUT2D eigenvalue weighted by Crippen LogP contribution is -2.44. The van der Waals surface area contributed by atoms with Crippen molar-refractivity contribution in [2.45, 2.75) is 32.6 Å². The molecule has 0 aliphatic carbocycles. The maximum absolute atomic E-state index is 12.9. The Kier molecular flexibility index (Phi) is 6.29. The lowest BCUT2D eigenvalue weighted by molar-refractivity contribution is -0.146. The Hall–Kier alpha value is -2.89. The van der Waals surface area contributed by atoms with Crippen molar-refractivity contribution in [1.82, 2.24) is 4.90 Å². The number of carbonyl (C=O) groups is 2. The van der Waals surface area contributed by atoms with Gasteiger partial charge in [0.2, 0.25) is 0 Å². The van der Waals surface area contributed by atoms with Crippen molar-refractivity contribution in [2.75, 3.05) is 20.2 Å². The van der Waals surface area contributed by atoms with E-state index in [2.05, 4.69) is 0 Å². The Morgan fingerprint density at radius 2 is 1.96 bits per heavy atom. The van der Waals surface area contributed by atoms with Crippen molar-refractivity contribution in [1.29, 1.82) is 0 Å². The third-order valence-electron chi connectivity index (χ3n) is 5.16. The topological polar surface area (TPSA) is 76.8 Å². The molecule has 3 rings (SSSR count). The molecular weight excluding hydrogens is 358 g/mol. The van der Waals surface area contributed by atoms with Gasteiger partial charge in [0, 0.05) is 19.5 Å². The van der Waals surface area contributed by atoms with Crippen LogP contribution in [0.25, 0.3) is 0 Å². The fourth-order valence-electron chi connectivity index (χ4n) is 3.64. The molecule has 1 amide bonds. The number of hydrogen-bond donors (Lipinski definition) is 0. The lowest BCUT2D eigenvalue weighted by Gasteiger charge is -2.31. The minimum atomic E-state index is -0.617. The highest BCUT2D eigenvalue weighted by Gasteiger charge is 2.31. The Balaban J connectivity index is 1.74. The second-order valence-corrected chi connectivity index (χ2v) is 7.16. The molecule has 0 N–H and O–H groups in total. The summed E-state index contributed by atoms with van der Waals surface area (Å²) in [5.41, 5.74) is 1.19. The van der Waals surface area contributed by atoms with Gasteiger partial charge in [0.05, 0.1) is 13.0 Å². The number of nitrogens with zero attached hydrogens (tertiary/aromatic N) is 1. The molecule has 28 heavy (non-hydrogen) atoms. The zero-order valence-electron chi connectivity index (χ0n) is 16.3. The van der Waals surface area contributed by atoms with Crippen LogP contribution in [0.4, 0.5) is 0 Å². The summed E-state index contributed by atoms with van der Waals surface area (Å²) in [6.07, 6.45) is 2.72. The largest absolute Gasteiger partial charge is 0.469 e. The van der Waals surface area contributed by atoms with Crippen LogP contribution >= 0.6 is 0 Å². The van der Waals surface area contributed by atoms with Crippen LogP contribution in [-0.2, 0) is 22.4 Å². The van der Waals surface area contributed by atoms with E-state index in [-0.39, 0.29) is 29.9 Å². The number of aryl methyl sites for hydroxylation is 3. The number of benzene rings is 1. The zero-order valence-corrected chi connectivity index (χ0v) is 16.3. The fraction of sp³-hybridized carbons (Fsp3) is 0.409. The second-order valence-electron chi connectivity index (χ2n) is 7.16. The van der Waals surface area contributed by atoms with Gasteiger partial charge in [0.1, 0.15) is 11.3 Å². The summed E-state index contributed by atoms with van der Waals surface area (Å²) in [6, 6.07) is 11.7. The number of likely N-dealkylation sites (tertiary alicyclic amines) is 1. The number of hydrogen-bond acceptors (Lipinski definition) is 5. The number of amides is 1. The average molecular weight is 383 g/mol. The fourth-order valence-corrected chi connectivity index (χ4v) is 3.64. The highest BCUT2D eigenvalue weighted by Crippen LogP contribution is 2.20. The molecule has 1 aliphatic rings. The Morgan fingerprint density at radius 1 is 1.21 bits per heavy atom. The van der Waals surface area contributed by atoms with Crippen molar-refractivity contribution < 1.29 is 18.7 Å². The van der Waals surface area contributed by atoms with Crippen LogP contribution in [0, 0.1) is 12.8 Å². The van der Waals surface area contributed by atoms with E-state index in [1.54, 1.807) is 17.9 Å². The normalized spacial score (nSPS) is 16.6. The van der Waals surface area contributed by atoms with Gasteiger partial charge in [-0.3, -0.25) is 9.59 Å². The van der Waals surface area contributed by atoms with Crippen molar-refractivity contribution >= 4 is 11.9 Å². The standard InChI is InChI=1S/C22H25NO5/c1-15-13-18(11-10-16-7-4-3-5-8-16)28-22(26)19(15)20(24)23-12-6-9-17(14-23)21(25)27-2/h3-5,7-8,13,17H,6,9-12,14H2,1-2H3. The minimum Gasteiger partial charge on any atom is -0.469 e. The molecule has 1 aliphatic heterocycles. The SMILES string of the molecule is COC(=O)C1CCCN(C(=O)c2c(C)cc(CCc3ccccc3)oc2=O)C1. The van der Waals surface area contributed by atoms with E-state index in [1.165, 1.54) is 7.11 Å². The minimum absolute atomic E-state index is 0.0500. The van der Waals surface area contributed by atoms with E-state index >= 15 is 0 Å². The third-order valence-corrected chi connectivity index (χ3v) is 5.16. The third kappa shape index (κ3) is 4.50. The molecule has 1 fully saturated rings. The van der Waals surface area contributed by atoms with Crippen LogP contribution in [0.2, 0.25) is 0 Å². The van der Waals surface area contributed by atoms with E-state index in [4.69, 9.17) is 9.15 Å². The molecule has 6 nitrogen and oxygen atoms in total. The van der Waals surface area contributed by atoms with Gasteiger partial charge in [-0.1, -0.05) is 30.3 Å². The summed E-state index contributed by atoms with van der Waals surface area (Å²) < 4.78 is 10.2. The zero-order chi connectivity index (χ0) is 20.1. The first-order chi connectivity index (χ1) is 13.5. The second kappa shape index (κ2) is 8.87. The van der Waals surface area contributed by atoms with Gasteiger partial charge in [0.25, 0.3) is 5.91 Å². The number of carbonyl (C=O) groups excluding carboxylic acids is 2. The first-order valence-corrected chi connectivity index (χ1v) is 9.54. The quantitative estimate of drug-likeness (QED) is 0.742. The molecule has 1 aromatic heterocycles. The number of ether oxygens (including phenoxy) is 1. The molecule has 0 bridgehead atoms. The van der Waals surface area contributed by atoms with Crippen molar-refractivity contribution in [3.63, 3.8) is 0 Å². The molecule has 1 aromatic carbocycles. The van der Waals surface area contributed by atoms with Gasteiger partial charge in [-0.05, 0) is 43.4 Å². The van der Waals surface area contributed by atoms with E-state index in [0.29, 0.717) is 37.1 Å². The summed E-state index contributed by atoms with van der Waals surface area (Å²) in [6.45, 7) is 2.53. The van der Waals surface area contributed by atoms with Crippen LogP contribution in [0.5, 0.6) is 0 Å². The molecule has 6 heteroatoms. The van der Waals surface area contributed by atoms with Crippen LogP contribution < -0.4 is 5.63 Å². The molecular formula is C22H25NO5. The molecule has 0 spiro atoms. The van der Waals surface area contributed by atoms with Crippen LogP contribution in [0.15, 0.2) is 45.6 Å². The lowest BCUT2D eigenvalue weighted by atomic mass is 9.97. The van der Waals surface area contributed by atoms with Crippen LogP contribution in [-0.4, -0.2) is 37.0 Å². The predicted octanol–water partition coefficient (Wildman–Crippen LogP) is 2.76. The van der Waals surface area contributed by atoms with Gasteiger partial charge < -0.3 is 14.1 Å². The molecule has 1 atom stereocenters. The van der Waals surface area contributed by atoms with E-state index in [0.717, 1.165) is 12.0 Å². The van der Waals surface area contributed by atoms with Crippen molar-refractivity contribution in [2.24, 2.45) is 5.92 Å². The van der Waals surface area contributed by atoms with E-state index in [9.17, 15) is 14.4 Å². The summed E-state index contributed by atoms with van der Waals surface area (Å²) in [4.78, 5) is 38.8. The molecule has 0 saturated carbocycles. The van der Waals surface area contributed by atoms with Gasteiger partial charge >= 0.3 is 11.6 Å². The molecule has 148 valence electrons. The molecule has 1 unspecified atom stereocenters. The van der Waals surface area contributed by atoms with Gasteiger partial charge in [0.15, 0.2) is 0 Å². The average Bonchev–Trinajstić information content (AvgIpc) is 2.72. The summed E-state index contributed by atoms with van der Waals surface area (Å²) >= 11 is 0.